The van der Waals surface area contributed by atoms with E-state index in [0.29, 0.717) is 40.1 Å². The molecule has 0 spiro atoms. The molecule has 35 heavy (non-hydrogen) atoms. The summed E-state index contributed by atoms with van der Waals surface area (Å²) in [6, 6.07) is 21.4. The minimum Gasteiger partial charge on any atom is -0.492 e. The van der Waals surface area contributed by atoms with Gasteiger partial charge in [-0.1, -0.05) is 53.5 Å². The summed E-state index contributed by atoms with van der Waals surface area (Å²) >= 11 is 17.1. The summed E-state index contributed by atoms with van der Waals surface area (Å²) in [7, 11) is 0. The molecule has 0 heterocycles. The highest BCUT2D eigenvalue weighted by Gasteiger charge is 2.12. The van der Waals surface area contributed by atoms with Gasteiger partial charge in [-0.2, -0.15) is 0 Å². The normalized spacial score (nSPS) is 11.3. The minimum atomic E-state index is -0.237. The molecule has 182 valence electrons. The van der Waals surface area contributed by atoms with Gasteiger partial charge in [-0.15, -0.1) is 0 Å². The van der Waals surface area contributed by atoms with Crippen molar-refractivity contribution in [1.29, 1.82) is 0 Å². The van der Waals surface area contributed by atoms with Gasteiger partial charge in [-0.3, -0.25) is 9.59 Å². The summed E-state index contributed by atoms with van der Waals surface area (Å²) in [5.74, 6) is 0.102. The first-order valence-electron chi connectivity index (χ1n) is 11.0. The third kappa shape index (κ3) is 8.55. The summed E-state index contributed by atoms with van der Waals surface area (Å²) in [4.78, 5) is 24.7. The maximum atomic E-state index is 12.5. The second kappa shape index (κ2) is 13.1. The van der Waals surface area contributed by atoms with E-state index >= 15 is 0 Å². The number of hydrogen-bond acceptors (Lipinski definition) is 4. The van der Waals surface area contributed by atoms with Crippen LogP contribution in [-0.4, -0.2) is 23.5 Å². The quantitative estimate of drug-likeness (QED) is 0.228. The summed E-state index contributed by atoms with van der Waals surface area (Å²) < 4.78 is 5.57. The molecule has 3 aromatic carbocycles. The van der Waals surface area contributed by atoms with Crippen LogP contribution >= 0.6 is 35.4 Å². The molecule has 2 amide bonds. The predicted octanol–water partition coefficient (Wildman–Crippen LogP) is 6.16. The van der Waals surface area contributed by atoms with Gasteiger partial charge in [0.05, 0.1) is 17.7 Å². The second-order valence-electron chi connectivity index (χ2n) is 7.71. The molecule has 3 aromatic rings. The van der Waals surface area contributed by atoms with Crippen LogP contribution < -0.4 is 20.7 Å². The Morgan fingerprint density at radius 2 is 1.71 bits per heavy atom. The zero-order valence-electron chi connectivity index (χ0n) is 19.0. The molecule has 0 aliphatic heterocycles. The molecule has 6 nitrogen and oxygen atoms in total. The Morgan fingerprint density at radius 1 is 1.00 bits per heavy atom. The number of hydrogen-bond donors (Lipinski definition) is 3. The number of carbonyl (C=O) groups excluding carboxylic acids is 2. The van der Waals surface area contributed by atoms with Crippen molar-refractivity contribution in [2.24, 2.45) is 0 Å². The van der Waals surface area contributed by atoms with Gasteiger partial charge in [0.25, 0.3) is 5.91 Å². The SMILES string of the molecule is CC(NC(=O)c1ccc(NC(=S)NC(=O)CCCOc2ccc(Cl)cc2Cl)cc1)c1ccccc1. The molecule has 0 fully saturated rings. The molecule has 0 saturated heterocycles. The van der Waals surface area contributed by atoms with Gasteiger partial charge >= 0.3 is 0 Å². The minimum absolute atomic E-state index is 0.113. The van der Waals surface area contributed by atoms with E-state index in [1.807, 2.05) is 37.3 Å². The standard InChI is InChI=1S/C26H25Cl2N3O3S/c1-17(18-6-3-2-4-7-18)29-25(33)19-9-12-21(13-10-19)30-26(35)31-24(32)8-5-15-34-23-14-11-20(27)16-22(23)28/h2-4,6-7,9-14,16-17H,5,8,15H2,1H3,(H,29,33)(H2,30,31,32,35). The first-order chi connectivity index (χ1) is 16.8. The van der Waals surface area contributed by atoms with Crippen molar-refractivity contribution >= 4 is 58.0 Å². The van der Waals surface area contributed by atoms with Gasteiger partial charge in [0.1, 0.15) is 5.75 Å². The molecule has 3 N–H and O–H groups in total. The number of nitrogens with one attached hydrogen (secondary N) is 3. The van der Waals surface area contributed by atoms with Crippen molar-refractivity contribution in [2.45, 2.75) is 25.8 Å². The average Bonchev–Trinajstić information content (AvgIpc) is 2.83. The summed E-state index contributed by atoms with van der Waals surface area (Å²) in [6.07, 6.45) is 0.713. The highest BCUT2D eigenvalue weighted by Crippen LogP contribution is 2.27. The predicted molar refractivity (Wildman–Crippen MR) is 144 cm³/mol. The van der Waals surface area contributed by atoms with E-state index in [1.165, 1.54) is 0 Å². The number of carbonyl (C=O) groups is 2. The van der Waals surface area contributed by atoms with E-state index in [-0.39, 0.29) is 29.4 Å². The van der Waals surface area contributed by atoms with E-state index in [9.17, 15) is 9.59 Å². The highest BCUT2D eigenvalue weighted by atomic mass is 35.5. The third-order valence-corrected chi connectivity index (χ3v) is 5.74. The fourth-order valence-electron chi connectivity index (χ4n) is 3.17. The Morgan fingerprint density at radius 3 is 2.40 bits per heavy atom. The average molecular weight is 530 g/mol. The Bertz CT molecular complexity index is 1170. The van der Waals surface area contributed by atoms with E-state index < -0.39 is 0 Å². The van der Waals surface area contributed by atoms with Gasteiger partial charge < -0.3 is 20.7 Å². The number of anilines is 1. The van der Waals surface area contributed by atoms with Crippen LogP contribution in [0.3, 0.4) is 0 Å². The highest BCUT2D eigenvalue weighted by molar-refractivity contribution is 7.80. The Labute approximate surface area is 220 Å². The Hall–Kier alpha value is -3.13. The van der Waals surface area contributed by atoms with Crippen molar-refractivity contribution in [3.63, 3.8) is 0 Å². The molecule has 0 radical (unpaired) electrons. The van der Waals surface area contributed by atoms with E-state index in [0.717, 1.165) is 5.56 Å². The maximum Gasteiger partial charge on any atom is 0.251 e. The van der Waals surface area contributed by atoms with Gasteiger partial charge in [0.2, 0.25) is 5.91 Å². The van der Waals surface area contributed by atoms with Gasteiger partial charge in [0.15, 0.2) is 5.11 Å². The van der Waals surface area contributed by atoms with Crippen LogP contribution in [0.5, 0.6) is 5.75 Å². The molecular formula is C26H25Cl2N3O3S. The van der Waals surface area contributed by atoms with E-state index in [4.69, 9.17) is 40.2 Å². The summed E-state index contributed by atoms with van der Waals surface area (Å²) in [5, 5.41) is 9.66. The van der Waals surface area contributed by atoms with Crippen molar-refractivity contribution in [3.05, 3.63) is 94.0 Å². The zero-order chi connectivity index (χ0) is 25.2. The fourth-order valence-corrected chi connectivity index (χ4v) is 3.86. The van der Waals surface area contributed by atoms with Crippen LogP contribution in [0.4, 0.5) is 5.69 Å². The number of halogens is 2. The molecule has 0 aliphatic rings. The van der Waals surface area contributed by atoms with Crippen LogP contribution in [0.15, 0.2) is 72.8 Å². The van der Waals surface area contributed by atoms with Gasteiger partial charge in [-0.25, -0.2) is 0 Å². The lowest BCUT2D eigenvalue weighted by Gasteiger charge is -2.15. The van der Waals surface area contributed by atoms with Crippen LogP contribution in [0.25, 0.3) is 0 Å². The third-order valence-electron chi connectivity index (χ3n) is 5.00. The number of amides is 2. The molecule has 0 aromatic heterocycles. The van der Waals surface area contributed by atoms with E-state index in [1.54, 1.807) is 42.5 Å². The largest absolute Gasteiger partial charge is 0.492 e. The topological polar surface area (TPSA) is 79.5 Å². The van der Waals surface area contributed by atoms with E-state index in [2.05, 4.69) is 16.0 Å². The molecule has 0 bridgehead atoms. The fraction of sp³-hybridized carbons (Fsp3) is 0.192. The van der Waals surface area contributed by atoms with Crippen LogP contribution in [0.1, 0.15) is 41.7 Å². The molecule has 9 heteroatoms. The smallest absolute Gasteiger partial charge is 0.251 e. The number of rotatable bonds is 9. The van der Waals surface area contributed by atoms with Crippen molar-refractivity contribution in [3.8, 4) is 5.75 Å². The number of benzene rings is 3. The summed E-state index contributed by atoms with van der Waals surface area (Å²) in [5.41, 5.74) is 2.21. The molecule has 1 atom stereocenters. The Balaban J connectivity index is 1.39. The molecule has 0 saturated carbocycles. The summed E-state index contributed by atoms with van der Waals surface area (Å²) in [6.45, 7) is 2.25. The monoisotopic (exact) mass is 529 g/mol. The van der Waals surface area contributed by atoms with Crippen LogP contribution in [-0.2, 0) is 4.79 Å². The van der Waals surface area contributed by atoms with Crippen molar-refractivity contribution in [1.82, 2.24) is 10.6 Å². The molecule has 0 aliphatic carbocycles. The Kier molecular flexibility index (Phi) is 9.90. The lowest BCUT2D eigenvalue weighted by molar-refractivity contribution is -0.119. The zero-order valence-corrected chi connectivity index (χ0v) is 21.3. The second-order valence-corrected chi connectivity index (χ2v) is 8.96. The first-order valence-corrected chi connectivity index (χ1v) is 12.1. The number of ether oxygens (including phenoxy) is 1. The van der Waals surface area contributed by atoms with Crippen LogP contribution in [0.2, 0.25) is 10.0 Å². The maximum absolute atomic E-state index is 12.5. The van der Waals surface area contributed by atoms with Crippen LogP contribution in [0, 0.1) is 0 Å². The molecule has 3 rings (SSSR count). The van der Waals surface area contributed by atoms with Gasteiger partial charge in [-0.05, 0) is 73.6 Å². The lowest BCUT2D eigenvalue weighted by Crippen LogP contribution is -2.34. The molecular weight excluding hydrogens is 505 g/mol. The number of thiocarbonyl (C=S) groups is 1. The van der Waals surface area contributed by atoms with Crippen molar-refractivity contribution < 1.29 is 14.3 Å². The van der Waals surface area contributed by atoms with Gasteiger partial charge in [0, 0.05) is 22.7 Å². The van der Waals surface area contributed by atoms with Crippen molar-refractivity contribution in [2.75, 3.05) is 11.9 Å². The first kappa shape index (κ1) is 26.5. The molecule has 1 unspecified atom stereocenters. The lowest BCUT2D eigenvalue weighted by atomic mass is 10.1.